The van der Waals surface area contributed by atoms with Gasteiger partial charge in [-0.25, -0.2) is 8.42 Å². The van der Waals surface area contributed by atoms with E-state index in [2.05, 4.69) is 5.32 Å². The topological polar surface area (TPSA) is 86.8 Å². The molecular weight excluding hydrogens is 557 g/mol. The molecule has 7 nitrogen and oxygen atoms in total. The van der Waals surface area contributed by atoms with Gasteiger partial charge < -0.3 is 10.2 Å². The predicted molar refractivity (Wildman–Crippen MR) is 152 cm³/mol. The third-order valence-electron chi connectivity index (χ3n) is 5.95. The molecule has 1 atom stereocenters. The number of hydrogen-bond donors (Lipinski definition) is 1. The molecule has 2 aromatic rings. The highest BCUT2D eigenvalue weighted by atomic mass is 35.5. The zero-order valence-corrected chi connectivity index (χ0v) is 24.6. The van der Waals surface area contributed by atoms with Gasteiger partial charge in [-0.1, -0.05) is 60.8 Å². The van der Waals surface area contributed by atoms with Crippen LogP contribution in [0.25, 0.3) is 0 Å². The molecule has 1 N–H and O–H groups in total. The van der Waals surface area contributed by atoms with Gasteiger partial charge in [0, 0.05) is 41.1 Å². The van der Waals surface area contributed by atoms with E-state index >= 15 is 0 Å². The summed E-state index contributed by atoms with van der Waals surface area (Å²) in [7, 11) is -3.62. The minimum absolute atomic E-state index is 0.0361. The molecule has 0 heterocycles. The quantitative estimate of drug-likeness (QED) is 0.318. The summed E-state index contributed by atoms with van der Waals surface area (Å²) in [6.45, 7) is 6.25. The normalized spacial score (nSPS) is 12.2. The van der Waals surface area contributed by atoms with Gasteiger partial charge in [-0.05, 0) is 61.6 Å². The van der Waals surface area contributed by atoms with Crippen molar-refractivity contribution in [2.45, 2.75) is 59.0 Å². The Morgan fingerprint density at radius 3 is 2.35 bits per heavy atom. The maximum absolute atomic E-state index is 13.5. The third-order valence-corrected chi connectivity index (χ3v) is 8.13. The van der Waals surface area contributed by atoms with Crippen LogP contribution in [0.2, 0.25) is 15.1 Å². The highest BCUT2D eigenvalue weighted by Crippen LogP contribution is 2.29. The van der Waals surface area contributed by atoms with Crippen molar-refractivity contribution in [3.63, 3.8) is 0 Å². The van der Waals surface area contributed by atoms with Crippen LogP contribution in [-0.4, -0.2) is 50.5 Å². The number of hydrogen-bond acceptors (Lipinski definition) is 4. The molecule has 0 unspecified atom stereocenters. The standard InChI is InChI=1S/C26H34Cl3N3O4S/c1-5-14-30-26(34)23(6-2)31(17-19-12-13-20(27)16-22(19)29)25(33)11-8-15-32(37(4,35)36)24-10-7-9-21(28)18(24)3/h7,9-10,12-13,16,23H,5-6,8,11,14-15,17H2,1-4H3,(H,30,34)/t23-/m1/s1. The predicted octanol–water partition coefficient (Wildman–Crippen LogP) is 5.84. The van der Waals surface area contributed by atoms with Crippen LogP contribution in [0.5, 0.6) is 0 Å². The summed E-state index contributed by atoms with van der Waals surface area (Å²) in [6.07, 6.45) is 2.58. The van der Waals surface area contributed by atoms with E-state index in [1.807, 2.05) is 13.8 Å². The number of sulfonamides is 1. The van der Waals surface area contributed by atoms with Crippen molar-refractivity contribution in [2.24, 2.45) is 0 Å². The van der Waals surface area contributed by atoms with E-state index in [1.54, 1.807) is 43.3 Å². The average molecular weight is 591 g/mol. The number of rotatable bonds is 13. The summed E-state index contributed by atoms with van der Waals surface area (Å²) in [6, 6.07) is 9.37. The van der Waals surface area contributed by atoms with Crippen molar-refractivity contribution in [1.29, 1.82) is 0 Å². The molecule has 0 aliphatic rings. The van der Waals surface area contributed by atoms with Gasteiger partial charge >= 0.3 is 0 Å². The van der Waals surface area contributed by atoms with Crippen molar-refractivity contribution in [3.8, 4) is 0 Å². The Morgan fingerprint density at radius 1 is 1.05 bits per heavy atom. The molecule has 0 radical (unpaired) electrons. The van der Waals surface area contributed by atoms with Crippen molar-refractivity contribution < 1.29 is 18.0 Å². The summed E-state index contributed by atoms with van der Waals surface area (Å²) in [5.41, 5.74) is 1.77. The van der Waals surface area contributed by atoms with Crippen LogP contribution in [0.4, 0.5) is 5.69 Å². The Balaban J connectivity index is 2.27. The second-order valence-corrected chi connectivity index (χ2v) is 12.0. The molecule has 11 heteroatoms. The summed E-state index contributed by atoms with van der Waals surface area (Å²) < 4.78 is 26.4. The fraction of sp³-hybridized carbons (Fsp3) is 0.462. The second kappa shape index (κ2) is 14.2. The first-order chi connectivity index (χ1) is 17.4. The van der Waals surface area contributed by atoms with Crippen LogP contribution in [0.1, 0.15) is 50.7 Å². The Bertz CT molecular complexity index is 1210. The minimum Gasteiger partial charge on any atom is -0.354 e. The van der Waals surface area contributed by atoms with Crippen molar-refractivity contribution >= 4 is 62.3 Å². The van der Waals surface area contributed by atoms with Crippen LogP contribution in [0, 0.1) is 6.92 Å². The van der Waals surface area contributed by atoms with Gasteiger partial charge in [-0.3, -0.25) is 13.9 Å². The number of nitrogens with one attached hydrogen (secondary N) is 1. The first-order valence-electron chi connectivity index (χ1n) is 12.1. The first-order valence-corrected chi connectivity index (χ1v) is 15.1. The third kappa shape index (κ3) is 8.77. The molecule has 2 amide bonds. The van der Waals surface area contributed by atoms with Crippen LogP contribution in [0.3, 0.4) is 0 Å². The van der Waals surface area contributed by atoms with Crippen molar-refractivity contribution in [2.75, 3.05) is 23.7 Å². The molecule has 0 aromatic heterocycles. The highest BCUT2D eigenvalue weighted by molar-refractivity contribution is 7.92. The van der Waals surface area contributed by atoms with E-state index in [9.17, 15) is 18.0 Å². The lowest BCUT2D eigenvalue weighted by molar-refractivity contribution is -0.141. The Morgan fingerprint density at radius 2 is 1.76 bits per heavy atom. The number of nitrogens with zero attached hydrogens (tertiary/aromatic N) is 2. The lowest BCUT2D eigenvalue weighted by Crippen LogP contribution is -2.49. The maximum atomic E-state index is 13.5. The summed E-state index contributed by atoms with van der Waals surface area (Å²) in [5, 5.41) is 4.19. The van der Waals surface area contributed by atoms with Crippen LogP contribution >= 0.6 is 34.8 Å². The highest BCUT2D eigenvalue weighted by Gasteiger charge is 2.29. The Kier molecular flexibility index (Phi) is 12.0. The zero-order valence-electron chi connectivity index (χ0n) is 21.6. The molecule has 2 aromatic carbocycles. The number of amides is 2. The fourth-order valence-corrected chi connectivity index (χ4v) is 5.62. The SMILES string of the molecule is CCCNC(=O)[C@@H](CC)N(Cc1ccc(Cl)cc1Cl)C(=O)CCCN(c1cccc(Cl)c1C)S(C)(=O)=O. The Hall–Kier alpha value is -2.00. The molecule has 204 valence electrons. The van der Waals surface area contributed by atoms with E-state index in [0.717, 1.165) is 12.7 Å². The van der Waals surface area contributed by atoms with E-state index in [1.165, 1.54) is 9.21 Å². The molecule has 0 aliphatic carbocycles. The van der Waals surface area contributed by atoms with Gasteiger partial charge in [0.25, 0.3) is 0 Å². The van der Waals surface area contributed by atoms with Crippen LogP contribution in [0.15, 0.2) is 36.4 Å². The number of anilines is 1. The van der Waals surface area contributed by atoms with Gasteiger partial charge in [0.05, 0.1) is 11.9 Å². The van der Waals surface area contributed by atoms with Gasteiger partial charge in [0.1, 0.15) is 6.04 Å². The average Bonchev–Trinajstić information content (AvgIpc) is 2.82. The van der Waals surface area contributed by atoms with Gasteiger partial charge in [0.15, 0.2) is 0 Å². The van der Waals surface area contributed by atoms with Crippen LogP contribution < -0.4 is 9.62 Å². The lowest BCUT2D eigenvalue weighted by atomic mass is 10.1. The smallest absolute Gasteiger partial charge is 0.242 e. The van der Waals surface area contributed by atoms with E-state index in [0.29, 0.717) is 44.8 Å². The molecular formula is C26H34Cl3N3O4S. The number of halogens is 3. The molecule has 0 saturated heterocycles. The first kappa shape index (κ1) is 31.2. The van der Waals surface area contributed by atoms with Crippen molar-refractivity contribution in [1.82, 2.24) is 10.2 Å². The lowest BCUT2D eigenvalue weighted by Gasteiger charge is -2.31. The fourth-order valence-electron chi connectivity index (χ4n) is 3.97. The summed E-state index contributed by atoms with van der Waals surface area (Å²) >= 11 is 18.6. The molecule has 0 saturated carbocycles. The molecule has 0 aliphatic heterocycles. The van der Waals surface area contributed by atoms with E-state index in [-0.39, 0.29) is 37.7 Å². The summed E-state index contributed by atoms with van der Waals surface area (Å²) in [5.74, 6) is -0.518. The van der Waals surface area contributed by atoms with E-state index in [4.69, 9.17) is 34.8 Å². The molecule has 0 spiro atoms. The maximum Gasteiger partial charge on any atom is 0.242 e. The Labute approximate surface area is 235 Å². The molecule has 0 bridgehead atoms. The van der Waals surface area contributed by atoms with Gasteiger partial charge in [-0.2, -0.15) is 0 Å². The molecule has 0 fully saturated rings. The molecule has 2 rings (SSSR count). The van der Waals surface area contributed by atoms with Gasteiger partial charge in [0.2, 0.25) is 21.8 Å². The number of benzene rings is 2. The van der Waals surface area contributed by atoms with Crippen molar-refractivity contribution in [3.05, 3.63) is 62.6 Å². The summed E-state index contributed by atoms with van der Waals surface area (Å²) in [4.78, 5) is 27.9. The van der Waals surface area contributed by atoms with Crippen LogP contribution in [-0.2, 0) is 26.2 Å². The number of carbonyl (C=O) groups is 2. The monoisotopic (exact) mass is 589 g/mol. The van der Waals surface area contributed by atoms with Gasteiger partial charge in [-0.15, -0.1) is 0 Å². The van der Waals surface area contributed by atoms with E-state index < -0.39 is 16.1 Å². The second-order valence-electron chi connectivity index (χ2n) is 8.80. The molecule has 37 heavy (non-hydrogen) atoms. The zero-order chi connectivity index (χ0) is 27.8. The minimum atomic E-state index is -3.62. The number of carbonyl (C=O) groups excluding carboxylic acids is 2. The largest absolute Gasteiger partial charge is 0.354 e.